The van der Waals surface area contributed by atoms with E-state index in [-0.39, 0.29) is 0 Å². The number of aliphatic hydroxyl groups is 1. The molecule has 18 heavy (non-hydrogen) atoms. The Morgan fingerprint density at radius 2 is 1.22 bits per heavy atom. The van der Waals surface area contributed by atoms with Gasteiger partial charge in [-0.2, -0.15) is 39.5 Å². The van der Waals surface area contributed by atoms with Crippen LogP contribution in [0.2, 0.25) is 0 Å². The summed E-state index contributed by atoms with van der Waals surface area (Å²) in [5.74, 6) is -19.4. The van der Waals surface area contributed by atoms with E-state index in [1.807, 2.05) is 0 Å². The molecule has 3 N–H and O–H groups in total. The summed E-state index contributed by atoms with van der Waals surface area (Å²) in [6, 6.07) is 0. The Labute approximate surface area is 94.6 Å². The van der Waals surface area contributed by atoms with Crippen molar-refractivity contribution in [3.8, 4) is 0 Å². The van der Waals surface area contributed by atoms with E-state index in [1.54, 1.807) is 0 Å². The Morgan fingerprint density at radius 1 is 0.833 bits per heavy atom. The van der Waals surface area contributed by atoms with E-state index in [2.05, 4.69) is 5.73 Å². The second kappa shape index (κ2) is 4.76. The van der Waals surface area contributed by atoms with Crippen LogP contribution in [-0.2, 0) is 0 Å². The first-order chi connectivity index (χ1) is 7.70. The molecule has 0 aromatic carbocycles. The summed E-state index contributed by atoms with van der Waals surface area (Å²) in [5, 5.41) is 8.56. The molecule has 0 aliphatic rings. The molecule has 0 aliphatic heterocycles. The lowest BCUT2D eigenvalue weighted by Crippen LogP contribution is -2.61. The predicted molar refractivity (Wildman–Crippen MR) is 40.6 cm³/mol. The fraction of sp³-hybridized carbons (Fsp3) is 1.00. The van der Waals surface area contributed by atoms with Gasteiger partial charge in [0, 0.05) is 13.0 Å². The molecule has 0 fully saturated rings. The molecule has 1 unspecified atom stereocenters. The number of hydrogen-bond donors (Lipinski definition) is 2. The van der Waals surface area contributed by atoms with Crippen molar-refractivity contribution < 1.29 is 44.6 Å². The summed E-state index contributed by atoms with van der Waals surface area (Å²) in [6.45, 7) is -0.997. The maximum absolute atomic E-state index is 12.7. The van der Waals surface area contributed by atoms with Gasteiger partial charge in [0.15, 0.2) is 0 Å². The zero-order chi connectivity index (χ0) is 15.0. The minimum Gasteiger partial charge on any atom is -0.392 e. The van der Waals surface area contributed by atoms with Gasteiger partial charge in [0.05, 0.1) is 6.10 Å². The van der Waals surface area contributed by atoms with Crippen LogP contribution < -0.4 is 5.73 Å². The highest BCUT2D eigenvalue weighted by Crippen LogP contribution is 2.54. The minimum absolute atomic E-state index is 0.997. The Bertz CT molecular complexity index is 287. The molecule has 2 nitrogen and oxygen atoms in total. The van der Waals surface area contributed by atoms with Gasteiger partial charge in [-0.15, -0.1) is 0 Å². The topological polar surface area (TPSA) is 46.2 Å². The Balaban J connectivity index is 5.36. The van der Waals surface area contributed by atoms with E-state index < -0.39 is 43.0 Å². The Hall–Kier alpha value is -0.710. The number of aliphatic hydroxyl groups excluding tert-OH is 1. The Kier molecular flexibility index (Phi) is 4.57. The third-order valence-corrected chi connectivity index (χ3v) is 1.97. The fourth-order valence-corrected chi connectivity index (χ4v) is 0.915. The first-order valence-corrected chi connectivity index (χ1v) is 4.29. The van der Waals surface area contributed by atoms with Gasteiger partial charge in [-0.3, -0.25) is 0 Å². The van der Waals surface area contributed by atoms with Crippen molar-refractivity contribution in [1.82, 2.24) is 0 Å². The van der Waals surface area contributed by atoms with Crippen LogP contribution in [0, 0.1) is 0 Å². The third kappa shape index (κ3) is 2.82. The Morgan fingerprint density at radius 3 is 1.50 bits per heavy atom. The molecule has 0 aromatic rings. The van der Waals surface area contributed by atoms with Crippen molar-refractivity contribution in [2.24, 2.45) is 5.73 Å². The molecule has 0 aromatic heterocycles. The highest BCUT2D eigenvalue weighted by Gasteiger charge is 2.81. The smallest absolute Gasteiger partial charge is 0.392 e. The van der Waals surface area contributed by atoms with E-state index in [1.165, 1.54) is 0 Å². The van der Waals surface area contributed by atoms with E-state index in [9.17, 15) is 39.5 Å². The molecule has 0 radical (unpaired) electrons. The highest BCUT2D eigenvalue weighted by atomic mass is 19.4. The molecule has 0 saturated heterocycles. The van der Waals surface area contributed by atoms with Gasteiger partial charge >= 0.3 is 23.9 Å². The fourth-order valence-electron chi connectivity index (χ4n) is 0.915. The van der Waals surface area contributed by atoms with Gasteiger partial charge < -0.3 is 10.8 Å². The molecule has 0 bridgehead atoms. The van der Waals surface area contributed by atoms with E-state index in [0.29, 0.717) is 0 Å². The van der Waals surface area contributed by atoms with E-state index in [0.717, 1.165) is 0 Å². The third-order valence-electron chi connectivity index (χ3n) is 1.97. The maximum atomic E-state index is 12.7. The van der Waals surface area contributed by atoms with Gasteiger partial charge in [-0.05, 0) is 0 Å². The van der Waals surface area contributed by atoms with Crippen LogP contribution in [0.4, 0.5) is 39.5 Å². The van der Waals surface area contributed by atoms with Crippen molar-refractivity contribution >= 4 is 0 Å². The van der Waals surface area contributed by atoms with Crippen molar-refractivity contribution in [3.05, 3.63) is 0 Å². The van der Waals surface area contributed by atoms with Crippen LogP contribution in [0.5, 0.6) is 0 Å². The predicted octanol–water partition coefficient (Wildman–Crippen LogP) is 2.16. The lowest BCUT2D eigenvalue weighted by atomic mass is 9.98. The molecule has 110 valence electrons. The second-order valence-corrected chi connectivity index (χ2v) is 3.44. The van der Waals surface area contributed by atoms with Gasteiger partial charge in [-0.25, -0.2) is 0 Å². The molecule has 0 amide bonds. The standard InChI is InChI=1S/C7H8F9NO/c8-4(9,1-3(18)2-17)5(10,11)6(12,13)7(14,15)16/h3,18H,1-2,17H2. The van der Waals surface area contributed by atoms with E-state index >= 15 is 0 Å². The summed E-state index contributed by atoms with van der Waals surface area (Å²) >= 11 is 0. The van der Waals surface area contributed by atoms with Crippen LogP contribution in [0.25, 0.3) is 0 Å². The average Bonchev–Trinajstić information content (AvgIpc) is 2.14. The van der Waals surface area contributed by atoms with Gasteiger partial charge in [-0.1, -0.05) is 0 Å². The normalized spacial score (nSPS) is 16.8. The van der Waals surface area contributed by atoms with Crippen LogP contribution in [0.3, 0.4) is 0 Å². The SMILES string of the molecule is NCC(O)CC(F)(F)C(F)(F)C(F)(F)C(F)(F)F. The zero-order valence-electron chi connectivity index (χ0n) is 8.42. The van der Waals surface area contributed by atoms with Gasteiger partial charge in [0.1, 0.15) is 0 Å². The number of nitrogens with two attached hydrogens (primary N) is 1. The molecule has 0 heterocycles. The molecule has 0 spiro atoms. The number of hydrogen-bond acceptors (Lipinski definition) is 2. The summed E-state index contributed by atoms with van der Waals surface area (Å²) in [7, 11) is 0. The molecule has 1 atom stereocenters. The van der Waals surface area contributed by atoms with Crippen LogP contribution in [0.1, 0.15) is 6.42 Å². The summed E-state index contributed by atoms with van der Waals surface area (Å²) in [5.41, 5.74) is 4.58. The average molecular weight is 293 g/mol. The van der Waals surface area contributed by atoms with Crippen molar-refractivity contribution in [2.75, 3.05) is 6.54 Å². The van der Waals surface area contributed by atoms with Crippen LogP contribution in [-0.4, -0.2) is 41.7 Å². The lowest BCUT2D eigenvalue weighted by molar-refractivity contribution is -0.398. The quantitative estimate of drug-likeness (QED) is 0.763. The molecule has 0 aliphatic carbocycles. The molecule has 11 heteroatoms. The lowest BCUT2D eigenvalue weighted by Gasteiger charge is -2.34. The van der Waals surface area contributed by atoms with Crippen LogP contribution >= 0.6 is 0 Å². The number of rotatable bonds is 5. The van der Waals surface area contributed by atoms with E-state index in [4.69, 9.17) is 5.11 Å². The molecular formula is C7H8F9NO. The summed E-state index contributed by atoms with van der Waals surface area (Å²) in [6.07, 6.45) is -11.5. The second-order valence-electron chi connectivity index (χ2n) is 3.44. The van der Waals surface area contributed by atoms with Gasteiger partial charge in [0.2, 0.25) is 0 Å². The molecular weight excluding hydrogens is 285 g/mol. The summed E-state index contributed by atoms with van der Waals surface area (Å²) < 4.78 is 110. The van der Waals surface area contributed by atoms with Crippen LogP contribution in [0.15, 0.2) is 0 Å². The first kappa shape index (κ1) is 17.3. The number of halogens is 9. The monoisotopic (exact) mass is 293 g/mol. The van der Waals surface area contributed by atoms with Crippen molar-refractivity contribution in [2.45, 2.75) is 36.5 Å². The van der Waals surface area contributed by atoms with Gasteiger partial charge in [0.25, 0.3) is 0 Å². The largest absolute Gasteiger partial charge is 0.460 e. The highest BCUT2D eigenvalue weighted by molar-refractivity contribution is 5.01. The maximum Gasteiger partial charge on any atom is 0.460 e. The number of alkyl halides is 9. The minimum atomic E-state index is -6.93. The van der Waals surface area contributed by atoms with Crippen molar-refractivity contribution in [3.63, 3.8) is 0 Å². The first-order valence-electron chi connectivity index (χ1n) is 4.29. The zero-order valence-corrected chi connectivity index (χ0v) is 8.42. The molecule has 0 saturated carbocycles. The van der Waals surface area contributed by atoms with Crippen molar-refractivity contribution in [1.29, 1.82) is 0 Å². The molecule has 0 rings (SSSR count). The summed E-state index contributed by atoms with van der Waals surface area (Å²) in [4.78, 5) is 0.